The highest BCUT2D eigenvalue weighted by molar-refractivity contribution is 5.81. The normalized spacial score (nSPS) is 17.8. The zero-order valence-corrected chi connectivity index (χ0v) is 11.9. The topological polar surface area (TPSA) is 41.1 Å². The van der Waals surface area contributed by atoms with Crippen molar-refractivity contribution in [3.63, 3.8) is 0 Å². The molecule has 0 saturated heterocycles. The Morgan fingerprint density at radius 2 is 2.00 bits per heavy atom. The van der Waals surface area contributed by atoms with Crippen molar-refractivity contribution in [3.8, 4) is 0 Å². The summed E-state index contributed by atoms with van der Waals surface area (Å²) in [5.74, 6) is 0.125. The molecule has 2 N–H and O–H groups in total. The number of rotatable bonds is 7. The number of nitrogens with one attached hydrogen (secondary N) is 2. The lowest BCUT2D eigenvalue weighted by Crippen LogP contribution is -2.44. The summed E-state index contributed by atoms with van der Waals surface area (Å²) in [6.45, 7) is 4.12. The summed E-state index contributed by atoms with van der Waals surface area (Å²) in [7, 11) is 0. The minimum absolute atomic E-state index is 0.125. The van der Waals surface area contributed by atoms with Crippen LogP contribution in [-0.4, -0.2) is 18.0 Å². The fourth-order valence-corrected chi connectivity index (χ4v) is 2.25. The quantitative estimate of drug-likeness (QED) is 0.791. The number of carbonyl (C=O) groups excluding carboxylic acids is 1. The zero-order chi connectivity index (χ0) is 13.7. The monoisotopic (exact) mass is 260 g/mol. The summed E-state index contributed by atoms with van der Waals surface area (Å²) < 4.78 is 0. The molecule has 2 atom stereocenters. The van der Waals surface area contributed by atoms with Gasteiger partial charge >= 0.3 is 0 Å². The van der Waals surface area contributed by atoms with Gasteiger partial charge < -0.3 is 5.32 Å². The highest BCUT2D eigenvalue weighted by Crippen LogP contribution is 2.20. The van der Waals surface area contributed by atoms with Crippen LogP contribution in [-0.2, 0) is 4.79 Å². The predicted octanol–water partition coefficient (Wildman–Crippen LogP) is 2.78. The van der Waals surface area contributed by atoms with Crippen LogP contribution in [0.3, 0.4) is 0 Å². The number of hydrogen-bond donors (Lipinski definition) is 2. The van der Waals surface area contributed by atoms with E-state index in [1.165, 1.54) is 5.56 Å². The summed E-state index contributed by atoms with van der Waals surface area (Å²) in [5, 5.41) is 6.51. The van der Waals surface area contributed by atoms with Crippen LogP contribution in [0.25, 0.3) is 0 Å². The average molecular weight is 260 g/mol. The van der Waals surface area contributed by atoms with Crippen LogP contribution in [0.2, 0.25) is 0 Å². The Balaban J connectivity index is 1.93. The molecule has 0 radical (unpaired) electrons. The zero-order valence-electron chi connectivity index (χ0n) is 11.9. The molecule has 0 aliphatic heterocycles. The fourth-order valence-electron chi connectivity index (χ4n) is 2.25. The first-order valence-corrected chi connectivity index (χ1v) is 7.32. The summed E-state index contributed by atoms with van der Waals surface area (Å²) in [6.07, 6.45) is 4.42. The van der Waals surface area contributed by atoms with E-state index in [4.69, 9.17) is 0 Å². The van der Waals surface area contributed by atoms with Crippen LogP contribution in [0, 0.1) is 0 Å². The Morgan fingerprint density at radius 1 is 1.32 bits per heavy atom. The van der Waals surface area contributed by atoms with Gasteiger partial charge in [0, 0.05) is 12.1 Å². The van der Waals surface area contributed by atoms with Crippen LogP contribution in [0.1, 0.15) is 51.1 Å². The number of amides is 1. The third kappa shape index (κ3) is 4.35. The van der Waals surface area contributed by atoms with Gasteiger partial charge in [0.25, 0.3) is 0 Å². The minimum Gasteiger partial charge on any atom is -0.352 e. The molecule has 3 heteroatoms. The third-order valence-electron chi connectivity index (χ3n) is 3.55. The molecule has 3 nitrogen and oxygen atoms in total. The summed E-state index contributed by atoms with van der Waals surface area (Å²) in [5.41, 5.74) is 1.26. The Bertz CT molecular complexity index is 400. The van der Waals surface area contributed by atoms with Crippen LogP contribution in [0.15, 0.2) is 30.3 Å². The largest absolute Gasteiger partial charge is 0.352 e. The highest BCUT2D eigenvalue weighted by Gasteiger charge is 2.26. The molecule has 2 rings (SSSR count). The van der Waals surface area contributed by atoms with Gasteiger partial charge in [-0.25, -0.2) is 0 Å². The molecule has 1 aromatic carbocycles. The molecule has 0 spiro atoms. The molecule has 1 saturated carbocycles. The van der Waals surface area contributed by atoms with Crippen LogP contribution in [0.5, 0.6) is 0 Å². The Hall–Kier alpha value is -1.35. The smallest absolute Gasteiger partial charge is 0.237 e. The van der Waals surface area contributed by atoms with Gasteiger partial charge in [-0.2, -0.15) is 0 Å². The molecule has 1 amide bonds. The van der Waals surface area contributed by atoms with E-state index in [0.717, 1.165) is 25.7 Å². The van der Waals surface area contributed by atoms with Gasteiger partial charge in [0.15, 0.2) is 0 Å². The van der Waals surface area contributed by atoms with Gasteiger partial charge in [0.2, 0.25) is 5.91 Å². The maximum Gasteiger partial charge on any atom is 0.237 e. The fraction of sp³-hybridized carbons (Fsp3) is 0.562. The van der Waals surface area contributed by atoms with Crippen molar-refractivity contribution < 1.29 is 4.79 Å². The van der Waals surface area contributed by atoms with Crippen molar-refractivity contribution in [2.45, 2.75) is 57.7 Å². The molecule has 1 aliphatic rings. The van der Waals surface area contributed by atoms with E-state index in [9.17, 15) is 4.79 Å². The van der Waals surface area contributed by atoms with Gasteiger partial charge in [0.05, 0.1) is 6.04 Å². The summed E-state index contributed by atoms with van der Waals surface area (Å²) >= 11 is 0. The van der Waals surface area contributed by atoms with Crippen LogP contribution < -0.4 is 10.6 Å². The first-order chi connectivity index (χ1) is 9.20. The SMILES string of the molecule is CCCC(NC(C)C(=O)NC1CC1)c1ccccc1. The minimum atomic E-state index is -0.141. The Kier molecular flexibility index (Phi) is 4.97. The lowest BCUT2D eigenvalue weighted by Gasteiger charge is -2.23. The van der Waals surface area contributed by atoms with Crippen molar-refractivity contribution >= 4 is 5.91 Å². The lowest BCUT2D eigenvalue weighted by atomic mass is 10.0. The Labute approximate surface area is 115 Å². The van der Waals surface area contributed by atoms with E-state index in [0.29, 0.717) is 6.04 Å². The van der Waals surface area contributed by atoms with Crippen LogP contribution >= 0.6 is 0 Å². The molecule has 2 unspecified atom stereocenters. The second-order valence-corrected chi connectivity index (χ2v) is 5.42. The molecule has 0 heterocycles. The highest BCUT2D eigenvalue weighted by atomic mass is 16.2. The first-order valence-electron chi connectivity index (χ1n) is 7.32. The van der Waals surface area contributed by atoms with E-state index in [1.54, 1.807) is 0 Å². The van der Waals surface area contributed by atoms with E-state index >= 15 is 0 Å². The number of carbonyl (C=O) groups is 1. The number of hydrogen-bond acceptors (Lipinski definition) is 2. The van der Waals surface area contributed by atoms with E-state index in [2.05, 4.69) is 41.8 Å². The second kappa shape index (κ2) is 6.71. The maximum atomic E-state index is 12.0. The predicted molar refractivity (Wildman–Crippen MR) is 77.9 cm³/mol. The summed E-state index contributed by atoms with van der Waals surface area (Å²) in [6, 6.07) is 10.9. The standard InChI is InChI=1S/C16H24N2O/c1-3-7-15(13-8-5-4-6-9-13)17-12(2)16(19)18-14-10-11-14/h4-6,8-9,12,14-15,17H,3,7,10-11H2,1-2H3,(H,18,19). The Morgan fingerprint density at radius 3 is 2.58 bits per heavy atom. The number of benzene rings is 1. The van der Waals surface area contributed by atoms with E-state index in [-0.39, 0.29) is 18.0 Å². The molecule has 19 heavy (non-hydrogen) atoms. The second-order valence-electron chi connectivity index (χ2n) is 5.42. The van der Waals surface area contributed by atoms with Gasteiger partial charge in [-0.15, -0.1) is 0 Å². The van der Waals surface area contributed by atoms with E-state index in [1.807, 2.05) is 13.0 Å². The van der Waals surface area contributed by atoms with Gasteiger partial charge in [-0.1, -0.05) is 43.7 Å². The van der Waals surface area contributed by atoms with Crippen molar-refractivity contribution in [2.24, 2.45) is 0 Å². The molecular weight excluding hydrogens is 236 g/mol. The third-order valence-corrected chi connectivity index (χ3v) is 3.55. The van der Waals surface area contributed by atoms with E-state index < -0.39 is 0 Å². The molecule has 1 aromatic rings. The molecule has 104 valence electrons. The van der Waals surface area contributed by atoms with Gasteiger partial charge in [-0.3, -0.25) is 10.1 Å². The molecular formula is C16H24N2O. The van der Waals surface area contributed by atoms with Crippen molar-refractivity contribution in [2.75, 3.05) is 0 Å². The van der Waals surface area contributed by atoms with Crippen molar-refractivity contribution in [1.82, 2.24) is 10.6 Å². The van der Waals surface area contributed by atoms with Crippen molar-refractivity contribution in [3.05, 3.63) is 35.9 Å². The lowest BCUT2D eigenvalue weighted by molar-refractivity contribution is -0.123. The average Bonchev–Trinajstić information content (AvgIpc) is 3.23. The maximum absolute atomic E-state index is 12.0. The molecule has 1 fully saturated rings. The van der Waals surface area contributed by atoms with Crippen molar-refractivity contribution in [1.29, 1.82) is 0 Å². The summed E-state index contributed by atoms with van der Waals surface area (Å²) in [4.78, 5) is 12.0. The first kappa shape index (κ1) is 14.1. The van der Waals surface area contributed by atoms with Gasteiger partial charge in [0.1, 0.15) is 0 Å². The van der Waals surface area contributed by atoms with Gasteiger partial charge in [-0.05, 0) is 31.7 Å². The van der Waals surface area contributed by atoms with Crippen LogP contribution in [0.4, 0.5) is 0 Å². The molecule has 1 aliphatic carbocycles. The molecule has 0 aromatic heterocycles. The molecule has 0 bridgehead atoms.